The smallest absolute Gasteiger partial charge is 0.139 e. The molecule has 0 aliphatic rings. The maximum absolute atomic E-state index is 5.50. The summed E-state index contributed by atoms with van der Waals surface area (Å²) in [5.74, 6) is 0.551. The first-order valence-electron chi connectivity index (χ1n) is 3.31. The minimum Gasteiger partial charge on any atom is -0.398 e. The van der Waals surface area contributed by atoms with Crippen LogP contribution in [0.5, 0.6) is 0 Å². The molecule has 0 aliphatic carbocycles. The van der Waals surface area contributed by atoms with Gasteiger partial charge in [-0.25, -0.2) is 0 Å². The second-order valence-electron chi connectivity index (χ2n) is 3.50. The van der Waals surface area contributed by atoms with E-state index >= 15 is 0 Å². The van der Waals surface area contributed by atoms with Crippen LogP contribution in [0.4, 0.5) is 0 Å². The third-order valence-corrected chi connectivity index (χ3v) is 0.920. The van der Waals surface area contributed by atoms with Crippen LogP contribution in [0.2, 0.25) is 0 Å². The fourth-order valence-electron chi connectivity index (χ4n) is 0.693. The lowest BCUT2D eigenvalue weighted by Gasteiger charge is -2.16. The van der Waals surface area contributed by atoms with Crippen molar-refractivity contribution in [3.63, 3.8) is 0 Å². The Morgan fingerprint density at radius 1 is 1.50 bits per heavy atom. The molecule has 0 unspecified atom stereocenters. The van der Waals surface area contributed by atoms with E-state index in [2.05, 4.69) is 30.8 Å². The summed E-state index contributed by atoms with van der Waals surface area (Å²) in [7, 11) is 1.50. The average Bonchev–Trinajstić information content (AvgIpc) is 1.59. The van der Waals surface area contributed by atoms with Crippen molar-refractivity contribution >= 4 is 5.84 Å². The number of nitrogens with zero attached hydrogens (tertiary/aromatic N) is 1. The molecule has 0 atom stereocenters. The third kappa shape index (κ3) is 5.41. The zero-order valence-electron chi connectivity index (χ0n) is 7.14. The van der Waals surface area contributed by atoms with E-state index in [1.807, 2.05) is 0 Å². The van der Waals surface area contributed by atoms with Gasteiger partial charge in [-0.15, -0.1) is 0 Å². The maximum atomic E-state index is 5.50. The maximum Gasteiger partial charge on any atom is 0.139 e. The molecule has 2 N–H and O–H groups in total. The van der Waals surface area contributed by atoms with Gasteiger partial charge < -0.3 is 10.6 Å². The van der Waals surface area contributed by atoms with Crippen molar-refractivity contribution in [3.8, 4) is 0 Å². The van der Waals surface area contributed by atoms with E-state index in [1.165, 1.54) is 7.11 Å². The lowest BCUT2D eigenvalue weighted by atomic mass is 9.92. The highest BCUT2D eigenvalue weighted by molar-refractivity contribution is 5.80. The van der Waals surface area contributed by atoms with Crippen LogP contribution in [-0.2, 0) is 4.84 Å². The molecule has 0 aromatic rings. The standard InChI is InChI=1S/C7H16N2O/c1-7(2,3)5-6(8)9-10-4/h5H2,1-4H3,(H2,8,9). The summed E-state index contributed by atoms with van der Waals surface area (Å²) in [6, 6.07) is 0. The van der Waals surface area contributed by atoms with E-state index in [9.17, 15) is 0 Å². The number of hydrogen-bond acceptors (Lipinski definition) is 2. The summed E-state index contributed by atoms with van der Waals surface area (Å²) >= 11 is 0. The van der Waals surface area contributed by atoms with Crippen LogP contribution in [0, 0.1) is 5.41 Å². The van der Waals surface area contributed by atoms with Crippen molar-refractivity contribution in [1.29, 1.82) is 0 Å². The lowest BCUT2D eigenvalue weighted by Crippen LogP contribution is -2.20. The van der Waals surface area contributed by atoms with E-state index in [1.54, 1.807) is 0 Å². The molecule has 3 nitrogen and oxygen atoms in total. The van der Waals surface area contributed by atoms with Gasteiger partial charge in [0, 0.05) is 6.42 Å². The summed E-state index contributed by atoms with van der Waals surface area (Å²) < 4.78 is 0. The zero-order valence-corrected chi connectivity index (χ0v) is 7.14. The predicted molar refractivity (Wildman–Crippen MR) is 42.7 cm³/mol. The SMILES string of the molecule is CO/N=C(\N)CC(C)(C)C. The van der Waals surface area contributed by atoms with E-state index in [4.69, 9.17) is 5.73 Å². The van der Waals surface area contributed by atoms with Gasteiger partial charge in [-0.3, -0.25) is 0 Å². The van der Waals surface area contributed by atoms with Gasteiger partial charge in [0.15, 0.2) is 0 Å². The first-order valence-corrected chi connectivity index (χ1v) is 3.31. The Kier molecular flexibility index (Phi) is 3.19. The van der Waals surface area contributed by atoms with Crippen molar-refractivity contribution in [2.24, 2.45) is 16.3 Å². The summed E-state index contributed by atoms with van der Waals surface area (Å²) in [5, 5.41) is 3.60. The van der Waals surface area contributed by atoms with Gasteiger partial charge >= 0.3 is 0 Å². The van der Waals surface area contributed by atoms with Crippen LogP contribution in [0.3, 0.4) is 0 Å². The molecule has 0 heterocycles. The van der Waals surface area contributed by atoms with Gasteiger partial charge in [-0.2, -0.15) is 0 Å². The number of oxime groups is 1. The molecule has 0 spiro atoms. The first-order chi connectivity index (χ1) is 4.45. The monoisotopic (exact) mass is 144 g/mol. The highest BCUT2D eigenvalue weighted by Crippen LogP contribution is 2.17. The summed E-state index contributed by atoms with van der Waals surface area (Å²) in [4.78, 5) is 4.51. The van der Waals surface area contributed by atoms with Crippen molar-refractivity contribution in [2.75, 3.05) is 7.11 Å². The van der Waals surface area contributed by atoms with E-state index in [-0.39, 0.29) is 5.41 Å². The molecule has 0 amide bonds. The molecule has 60 valence electrons. The number of hydrogen-bond donors (Lipinski definition) is 1. The Morgan fingerprint density at radius 3 is 2.30 bits per heavy atom. The normalized spacial score (nSPS) is 13.4. The molecule has 0 bridgehead atoms. The topological polar surface area (TPSA) is 47.6 Å². The minimum absolute atomic E-state index is 0.187. The Balaban J connectivity index is 3.79. The fraction of sp³-hybridized carbons (Fsp3) is 0.857. The van der Waals surface area contributed by atoms with Gasteiger partial charge in [-0.05, 0) is 5.41 Å². The second kappa shape index (κ2) is 3.44. The fourth-order valence-corrected chi connectivity index (χ4v) is 0.693. The molecular weight excluding hydrogens is 128 g/mol. The molecule has 0 aromatic carbocycles. The molecule has 0 rings (SSSR count). The van der Waals surface area contributed by atoms with Gasteiger partial charge in [0.1, 0.15) is 12.9 Å². The Morgan fingerprint density at radius 2 is 2.00 bits per heavy atom. The summed E-state index contributed by atoms with van der Waals surface area (Å²) in [5.41, 5.74) is 5.68. The highest BCUT2D eigenvalue weighted by atomic mass is 16.6. The molecule has 0 fully saturated rings. The quantitative estimate of drug-likeness (QED) is 0.361. The van der Waals surface area contributed by atoms with E-state index < -0.39 is 0 Å². The van der Waals surface area contributed by atoms with Gasteiger partial charge in [0.2, 0.25) is 0 Å². The van der Waals surface area contributed by atoms with Crippen LogP contribution < -0.4 is 5.73 Å². The van der Waals surface area contributed by atoms with Crippen LogP contribution in [0.25, 0.3) is 0 Å². The van der Waals surface area contributed by atoms with Gasteiger partial charge in [0.05, 0.1) is 0 Å². The van der Waals surface area contributed by atoms with Crippen molar-refractivity contribution in [3.05, 3.63) is 0 Å². The Bertz CT molecular complexity index is 124. The summed E-state index contributed by atoms with van der Waals surface area (Å²) in [6.45, 7) is 6.31. The molecule has 0 aliphatic heterocycles. The molecular formula is C7H16N2O. The first kappa shape index (κ1) is 9.27. The number of nitrogens with two attached hydrogens (primary N) is 1. The molecule has 0 aromatic heterocycles. The predicted octanol–water partition coefficient (Wildman–Crippen LogP) is 1.34. The minimum atomic E-state index is 0.187. The molecule has 0 saturated heterocycles. The largest absolute Gasteiger partial charge is 0.398 e. The van der Waals surface area contributed by atoms with Gasteiger partial charge in [-0.1, -0.05) is 25.9 Å². The highest BCUT2D eigenvalue weighted by Gasteiger charge is 2.12. The Labute approximate surface area is 62.2 Å². The Hall–Kier alpha value is -0.730. The van der Waals surface area contributed by atoms with Crippen LogP contribution >= 0.6 is 0 Å². The lowest BCUT2D eigenvalue weighted by molar-refractivity contribution is 0.210. The average molecular weight is 144 g/mol. The van der Waals surface area contributed by atoms with Crippen LogP contribution in [0.15, 0.2) is 5.16 Å². The van der Waals surface area contributed by atoms with Crippen molar-refractivity contribution in [1.82, 2.24) is 0 Å². The molecule has 0 radical (unpaired) electrons. The third-order valence-electron chi connectivity index (χ3n) is 0.920. The number of amidine groups is 1. The van der Waals surface area contributed by atoms with Crippen molar-refractivity contribution in [2.45, 2.75) is 27.2 Å². The second-order valence-corrected chi connectivity index (χ2v) is 3.50. The molecule has 0 saturated carbocycles. The van der Waals surface area contributed by atoms with E-state index in [0.717, 1.165) is 6.42 Å². The zero-order chi connectivity index (χ0) is 8.20. The van der Waals surface area contributed by atoms with Gasteiger partial charge in [0.25, 0.3) is 0 Å². The molecule has 3 heteroatoms. The van der Waals surface area contributed by atoms with Crippen LogP contribution in [-0.4, -0.2) is 12.9 Å². The van der Waals surface area contributed by atoms with Crippen LogP contribution in [0.1, 0.15) is 27.2 Å². The molecule has 10 heavy (non-hydrogen) atoms. The summed E-state index contributed by atoms with van der Waals surface area (Å²) in [6.07, 6.45) is 0.765. The van der Waals surface area contributed by atoms with Crippen molar-refractivity contribution < 1.29 is 4.84 Å². The number of rotatable bonds is 2. The van der Waals surface area contributed by atoms with E-state index in [0.29, 0.717) is 5.84 Å².